The van der Waals surface area contributed by atoms with E-state index in [0.29, 0.717) is 25.9 Å². The maximum absolute atomic E-state index is 13.1. The Balaban J connectivity index is 0.642. The summed E-state index contributed by atoms with van der Waals surface area (Å²) in [5, 5.41) is 17.7. The first-order valence-corrected chi connectivity index (χ1v) is 28.5. The minimum atomic E-state index is 0.0967. The fraction of sp³-hybridized carbons (Fsp3) is 0.397. The Morgan fingerprint density at radius 3 is 1.74 bits per heavy atom. The van der Waals surface area contributed by atoms with Crippen LogP contribution < -0.4 is 26.2 Å². The summed E-state index contributed by atoms with van der Waals surface area (Å²) < 4.78 is 1.27. The number of hydrogen-bond acceptors (Lipinski definition) is 8. The molecule has 73 heavy (non-hydrogen) atoms. The summed E-state index contributed by atoms with van der Waals surface area (Å²) in [6, 6.07) is 34.2. The number of benzene rings is 4. The molecule has 4 heterocycles. The Bertz CT molecular complexity index is 3100. The molecule has 0 saturated heterocycles. The van der Waals surface area contributed by atoms with Crippen molar-refractivity contribution in [3.05, 3.63) is 148 Å². The maximum Gasteiger partial charge on any atom is 0.221 e. The Hall–Kier alpha value is -6.52. The molecule has 378 valence electrons. The predicted molar refractivity (Wildman–Crippen MR) is 307 cm³/mol. The number of anilines is 3. The number of rotatable bonds is 24. The second-order valence-corrected chi connectivity index (χ2v) is 21.4. The Morgan fingerprint density at radius 1 is 0.562 bits per heavy atom. The topological polar surface area (TPSA) is 111 Å². The van der Waals surface area contributed by atoms with Gasteiger partial charge < -0.3 is 26.2 Å². The van der Waals surface area contributed by atoms with Crippen LogP contribution >= 0.6 is 11.3 Å². The highest BCUT2D eigenvalue weighted by atomic mass is 32.1. The van der Waals surface area contributed by atoms with E-state index in [1.54, 1.807) is 0 Å². The highest BCUT2D eigenvalue weighted by molar-refractivity contribution is 7.20. The Labute approximate surface area is 436 Å². The van der Waals surface area contributed by atoms with E-state index in [2.05, 4.69) is 142 Å². The first kappa shape index (κ1) is 50.0. The van der Waals surface area contributed by atoms with E-state index in [-0.39, 0.29) is 11.8 Å². The number of pyridine rings is 2. The molecule has 0 spiro atoms. The summed E-state index contributed by atoms with van der Waals surface area (Å²) in [6.07, 6.45) is 27.2. The van der Waals surface area contributed by atoms with Gasteiger partial charge in [-0.3, -0.25) is 19.6 Å². The third kappa shape index (κ3) is 12.5. The molecule has 10 heteroatoms. The third-order valence-electron chi connectivity index (χ3n) is 15.2. The lowest BCUT2D eigenvalue weighted by atomic mass is 9.92. The van der Waals surface area contributed by atoms with E-state index < -0.39 is 0 Å². The van der Waals surface area contributed by atoms with Gasteiger partial charge in [0.15, 0.2) is 0 Å². The van der Waals surface area contributed by atoms with Crippen LogP contribution in [-0.2, 0) is 41.7 Å². The zero-order chi connectivity index (χ0) is 49.6. The highest BCUT2D eigenvalue weighted by Gasteiger charge is 2.21. The van der Waals surface area contributed by atoms with E-state index in [9.17, 15) is 9.59 Å². The van der Waals surface area contributed by atoms with E-state index in [1.807, 2.05) is 11.3 Å². The fourth-order valence-corrected chi connectivity index (χ4v) is 12.5. The largest absolute Gasteiger partial charge is 0.384 e. The summed E-state index contributed by atoms with van der Waals surface area (Å²) in [7, 11) is 0. The molecule has 1 aliphatic heterocycles. The smallest absolute Gasteiger partial charge is 0.221 e. The zero-order valence-electron chi connectivity index (χ0n) is 42.7. The first-order chi connectivity index (χ1) is 36.1. The van der Waals surface area contributed by atoms with Crippen LogP contribution in [0.15, 0.2) is 109 Å². The summed E-state index contributed by atoms with van der Waals surface area (Å²) in [5.74, 6) is 0.237. The first-order valence-electron chi connectivity index (χ1n) is 27.7. The average Bonchev–Trinajstić information content (AvgIpc) is 3.77. The number of hydrogen-bond donors (Lipinski definition) is 4. The Kier molecular flexibility index (Phi) is 17.1. The molecule has 0 fully saturated rings. The number of para-hydroxylation sites is 3. The standard InChI is InChI=1S/C63H73N7O2S/c71-60(64-38-17-1-3-19-40-66-62-49-24-5-11-29-53(49)68-54-30-12-6-25-50(54)62)35-21-28-48-47-23-10-16-34-58(47)73-59(48)44-45-36-42-70(57-33-15-9-22-46(45)57)43-37-61(72)65-39-18-2-4-20-41-67-63-51-26-7-13-31-55(51)69-56-32-14-8-27-52(56)63/h5,7,9-11,13,15-16,22-24,26,29,31,33-34,36,42,44H,1-4,6,8,12,14,17-21,25,27-28,30,32,35,37-41,43H2,(H,64,71)(H,65,72)(H,66,68)(H,67,69)/b45-44+. The van der Waals surface area contributed by atoms with Gasteiger partial charge in [0.05, 0.1) is 11.0 Å². The van der Waals surface area contributed by atoms with Crippen LogP contribution in [0.5, 0.6) is 0 Å². The molecule has 0 radical (unpaired) electrons. The SMILES string of the molecule is O=C(CCCc1c(/C=C2\C=CN(CCC(=O)NCCCCCCNc3c4c(nc5ccccc35)CCCC4)c3ccccc32)sc2ccccc12)NCCCCCCNc1c2c(nc3ccccc13)CCCC2. The normalized spacial score (nSPS) is 14.6. The number of amides is 2. The van der Waals surface area contributed by atoms with Crippen molar-refractivity contribution < 1.29 is 9.59 Å². The van der Waals surface area contributed by atoms with E-state index >= 15 is 0 Å². The number of aromatic nitrogens is 2. The van der Waals surface area contributed by atoms with E-state index in [4.69, 9.17) is 9.97 Å². The number of carbonyl (C=O) groups is 2. The van der Waals surface area contributed by atoms with Crippen LogP contribution in [0, 0.1) is 0 Å². The van der Waals surface area contributed by atoms with Gasteiger partial charge in [0, 0.05) is 106 Å². The lowest BCUT2D eigenvalue weighted by molar-refractivity contribution is -0.121. The zero-order valence-corrected chi connectivity index (χ0v) is 43.5. The lowest BCUT2D eigenvalue weighted by Crippen LogP contribution is -2.30. The third-order valence-corrected chi connectivity index (χ3v) is 16.3. The molecule has 7 aromatic rings. The molecule has 0 saturated carbocycles. The number of allylic oxidation sites excluding steroid dienone is 2. The van der Waals surface area contributed by atoms with Crippen LogP contribution in [0.3, 0.4) is 0 Å². The number of fused-ring (bicyclic) bond motifs is 6. The minimum Gasteiger partial charge on any atom is -0.384 e. The molecular weight excluding hydrogens is 919 g/mol. The van der Waals surface area contributed by atoms with Crippen molar-refractivity contribution in [2.24, 2.45) is 0 Å². The van der Waals surface area contributed by atoms with Crippen molar-refractivity contribution in [3.63, 3.8) is 0 Å². The van der Waals surface area contributed by atoms with Gasteiger partial charge in [0.1, 0.15) is 0 Å². The van der Waals surface area contributed by atoms with Gasteiger partial charge in [-0.2, -0.15) is 0 Å². The Morgan fingerprint density at radius 2 is 1.10 bits per heavy atom. The monoisotopic (exact) mass is 992 g/mol. The van der Waals surface area contributed by atoms with Crippen molar-refractivity contribution in [1.29, 1.82) is 0 Å². The molecular formula is C63H73N7O2S. The summed E-state index contributed by atoms with van der Waals surface area (Å²) >= 11 is 1.82. The molecule has 3 aliphatic rings. The van der Waals surface area contributed by atoms with Crippen LogP contribution in [-0.4, -0.2) is 54.5 Å². The fourth-order valence-electron chi connectivity index (χ4n) is 11.3. The van der Waals surface area contributed by atoms with Crippen LogP contribution in [0.25, 0.3) is 43.5 Å². The second kappa shape index (κ2) is 24.9. The second-order valence-electron chi connectivity index (χ2n) is 20.3. The molecule has 2 amide bonds. The molecule has 2 aliphatic carbocycles. The van der Waals surface area contributed by atoms with Gasteiger partial charge in [-0.15, -0.1) is 11.3 Å². The number of thiophene rings is 1. The van der Waals surface area contributed by atoms with Crippen molar-refractivity contribution in [1.82, 2.24) is 20.6 Å². The molecule has 0 unspecified atom stereocenters. The highest BCUT2D eigenvalue weighted by Crippen LogP contribution is 2.40. The summed E-state index contributed by atoms with van der Waals surface area (Å²) in [5.41, 5.74) is 14.9. The van der Waals surface area contributed by atoms with E-state index in [0.717, 1.165) is 137 Å². The van der Waals surface area contributed by atoms with E-state index in [1.165, 1.54) is 90.9 Å². The number of nitrogens with one attached hydrogen (secondary N) is 4. The van der Waals surface area contributed by atoms with Gasteiger partial charge in [0.25, 0.3) is 0 Å². The minimum absolute atomic E-state index is 0.0967. The quantitative estimate of drug-likeness (QED) is 0.0446. The van der Waals surface area contributed by atoms with Crippen molar-refractivity contribution in [3.8, 4) is 0 Å². The van der Waals surface area contributed by atoms with Crippen molar-refractivity contribution in [2.75, 3.05) is 48.3 Å². The molecule has 9 nitrogen and oxygen atoms in total. The van der Waals surface area contributed by atoms with Gasteiger partial charge in [-0.05, 0) is 154 Å². The number of nitrogens with zero attached hydrogens (tertiary/aromatic N) is 3. The molecule has 0 atom stereocenters. The number of carbonyl (C=O) groups excluding carboxylic acids is 2. The molecule has 10 rings (SSSR count). The van der Waals surface area contributed by atoms with Crippen molar-refractivity contribution >= 4 is 83.8 Å². The predicted octanol–water partition coefficient (Wildman–Crippen LogP) is 13.9. The molecule has 4 N–H and O–H groups in total. The van der Waals surface area contributed by atoms with Gasteiger partial charge in [-0.25, -0.2) is 0 Å². The average molecular weight is 992 g/mol. The molecule has 4 aromatic carbocycles. The molecule has 3 aromatic heterocycles. The van der Waals surface area contributed by atoms with Crippen LogP contribution in [0.1, 0.15) is 135 Å². The lowest BCUT2D eigenvalue weighted by Gasteiger charge is -2.27. The van der Waals surface area contributed by atoms with Gasteiger partial charge in [-0.1, -0.05) is 98.5 Å². The van der Waals surface area contributed by atoms with Crippen molar-refractivity contribution in [2.45, 2.75) is 128 Å². The number of aryl methyl sites for hydroxylation is 3. The number of unbranched alkanes of at least 4 members (excludes halogenated alkanes) is 6. The van der Waals surface area contributed by atoms with Gasteiger partial charge >= 0.3 is 0 Å². The summed E-state index contributed by atoms with van der Waals surface area (Å²) in [6.45, 7) is 3.97. The summed E-state index contributed by atoms with van der Waals surface area (Å²) in [4.78, 5) is 39.5. The van der Waals surface area contributed by atoms with Gasteiger partial charge in [0.2, 0.25) is 11.8 Å². The molecule has 0 bridgehead atoms. The maximum atomic E-state index is 13.1. The van der Waals surface area contributed by atoms with Crippen LogP contribution in [0.4, 0.5) is 17.1 Å². The van der Waals surface area contributed by atoms with Crippen LogP contribution in [0.2, 0.25) is 0 Å².